The fourth-order valence-corrected chi connectivity index (χ4v) is 5.13. The molecular weight excluding hydrogens is 490 g/mol. The number of hydrogen-bond acceptors (Lipinski definition) is 7. The summed E-state index contributed by atoms with van der Waals surface area (Å²) in [6.45, 7) is 0.860. The number of halogens is 1. The Morgan fingerprint density at radius 2 is 2.06 bits per heavy atom. The summed E-state index contributed by atoms with van der Waals surface area (Å²) in [6, 6.07) is 14.5. The third kappa shape index (κ3) is 4.72. The molecule has 1 N–H and O–H groups in total. The Kier molecular flexibility index (Phi) is 6.39. The predicted octanol–water partition coefficient (Wildman–Crippen LogP) is 5.23. The zero-order valence-corrected chi connectivity index (χ0v) is 20.1. The minimum atomic E-state index is -0.272. The van der Waals surface area contributed by atoms with Gasteiger partial charge in [0.15, 0.2) is 0 Å². The molecule has 0 radical (unpaired) electrons. The van der Waals surface area contributed by atoms with E-state index in [4.69, 9.17) is 11.6 Å². The molecule has 5 aromatic rings. The van der Waals surface area contributed by atoms with Crippen molar-refractivity contribution in [1.82, 2.24) is 19.3 Å². The minimum absolute atomic E-state index is 0.199. The van der Waals surface area contributed by atoms with Crippen LogP contribution in [0.5, 0.6) is 0 Å². The van der Waals surface area contributed by atoms with Crippen LogP contribution in [0.2, 0.25) is 4.34 Å². The third-order valence-electron chi connectivity index (χ3n) is 5.11. The standard InChI is InChI=1S/C24H18ClN5O2S2/c25-21-6-5-18(34-21)13-27-22-11-20(28-30(22)23(31)17-7-10-33-15-17)19-4-2-9-29(24(19)32)14-16-3-1-8-26-12-16/h1-12,15,27H,13-14H2. The molecular formula is C24H18ClN5O2S2. The van der Waals surface area contributed by atoms with Gasteiger partial charge in [0.05, 0.1) is 28.6 Å². The van der Waals surface area contributed by atoms with Gasteiger partial charge in [0.25, 0.3) is 11.5 Å². The normalized spacial score (nSPS) is 11.0. The molecule has 0 aliphatic rings. The van der Waals surface area contributed by atoms with Crippen molar-refractivity contribution >= 4 is 46.0 Å². The summed E-state index contributed by atoms with van der Waals surface area (Å²) >= 11 is 8.94. The number of carbonyl (C=O) groups excluding carboxylic acids is 1. The summed E-state index contributed by atoms with van der Waals surface area (Å²) in [4.78, 5) is 31.5. The Balaban J connectivity index is 1.51. The average molecular weight is 508 g/mol. The molecule has 0 aliphatic heterocycles. The van der Waals surface area contributed by atoms with Crippen molar-refractivity contribution in [2.24, 2.45) is 0 Å². The fraction of sp³-hybridized carbons (Fsp3) is 0.0833. The van der Waals surface area contributed by atoms with Crippen LogP contribution in [0, 0.1) is 0 Å². The minimum Gasteiger partial charge on any atom is -0.365 e. The van der Waals surface area contributed by atoms with E-state index < -0.39 is 0 Å². The van der Waals surface area contributed by atoms with Crippen molar-refractivity contribution in [2.75, 3.05) is 5.32 Å². The Bertz CT molecular complexity index is 1490. The lowest BCUT2D eigenvalue weighted by molar-refractivity contribution is 0.0948. The summed E-state index contributed by atoms with van der Waals surface area (Å²) in [5, 5.41) is 11.4. The zero-order valence-electron chi connectivity index (χ0n) is 17.7. The highest BCUT2D eigenvalue weighted by Crippen LogP contribution is 2.25. The van der Waals surface area contributed by atoms with Crippen molar-refractivity contribution in [2.45, 2.75) is 13.1 Å². The van der Waals surface area contributed by atoms with Crippen molar-refractivity contribution in [3.63, 3.8) is 0 Å². The zero-order chi connectivity index (χ0) is 23.5. The number of nitrogens with one attached hydrogen (secondary N) is 1. The number of rotatable bonds is 7. The van der Waals surface area contributed by atoms with E-state index >= 15 is 0 Å². The molecule has 5 aromatic heterocycles. The molecule has 10 heteroatoms. The van der Waals surface area contributed by atoms with Crippen LogP contribution < -0.4 is 10.9 Å². The fourth-order valence-electron chi connectivity index (χ4n) is 3.47. The maximum atomic E-state index is 13.3. The predicted molar refractivity (Wildman–Crippen MR) is 136 cm³/mol. The topological polar surface area (TPSA) is 81.8 Å². The van der Waals surface area contributed by atoms with E-state index in [0.717, 1.165) is 10.4 Å². The molecule has 0 bridgehead atoms. The number of aromatic nitrogens is 4. The highest BCUT2D eigenvalue weighted by Gasteiger charge is 2.19. The summed E-state index contributed by atoms with van der Waals surface area (Å²) in [6.07, 6.45) is 5.15. The summed E-state index contributed by atoms with van der Waals surface area (Å²) in [5.74, 6) is 0.226. The highest BCUT2D eigenvalue weighted by molar-refractivity contribution is 7.16. The molecule has 0 spiro atoms. The van der Waals surface area contributed by atoms with E-state index in [1.54, 1.807) is 52.8 Å². The van der Waals surface area contributed by atoms with Crippen LogP contribution in [0.15, 0.2) is 82.7 Å². The number of nitrogens with zero attached hydrogens (tertiary/aromatic N) is 4. The Morgan fingerprint density at radius 1 is 1.15 bits per heavy atom. The molecule has 7 nitrogen and oxygen atoms in total. The highest BCUT2D eigenvalue weighted by atomic mass is 35.5. The smallest absolute Gasteiger partial charge is 0.280 e. The largest absolute Gasteiger partial charge is 0.365 e. The van der Waals surface area contributed by atoms with E-state index in [9.17, 15) is 9.59 Å². The molecule has 0 unspecified atom stereocenters. The molecule has 34 heavy (non-hydrogen) atoms. The molecule has 0 aliphatic carbocycles. The lowest BCUT2D eigenvalue weighted by atomic mass is 10.2. The SMILES string of the molecule is O=C(c1ccsc1)n1nc(-c2cccn(Cc3cccnc3)c2=O)cc1NCc1ccc(Cl)s1. The van der Waals surface area contributed by atoms with Crippen LogP contribution in [-0.2, 0) is 13.1 Å². The van der Waals surface area contributed by atoms with Crippen molar-refractivity contribution < 1.29 is 4.79 Å². The molecule has 0 fully saturated rings. The second-order valence-electron chi connectivity index (χ2n) is 7.42. The van der Waals surface area contributed by atoms with Crippen LogP contribution in [-0.4, -0.2) is 25.2 Å². The van der Waals surface area contributed by atoms with Crippen LogP contribution in [0.1, 0.15) is 20.8 Å². The molecule has 0 amide bonds. The molecule has 5 rings (SSSR count). The first kappa shape index (κ1) is 22.3. The number of hydrogen-bond donors (Lipinski definition) is 1. The van der Waals surface area contributed by atoms with Crippen molar-refractivity contribution in [1.29, 1.82) is 0 Å². The van der Waals surface area contributed by atoms with Gasteiger partial charge in [-0.1, -0.05) is 17.7 Å². The van der Waals surface area contributed by atoms with Gasteiger partial charge in [-0.2, -0.15) is 21.1 Å². The number of pyridine rings is 2. The van der Waals surface area contributed by atoms with E-state index in [0.29, 0.717) is 40.1 Å². The first-order valence-corrected chi connectivity index (χ1v) is 12.5. The van der Waals surface area contributed by atoms with Gasteiger partial charge < -0.3 is 9.88 Å². The number of anilines is 1. The van der Waals surface area contributed by atoms with Crippen LogP contribution in [0.25, 0.3) is 11.3 Å². The van der Waals surface area contributed by atoms with E-state index in [2.05, 4.69) is 15.4 Å². The second-order valence-corrected chi connectivity index (χ2v) is 10.00. The van der Waals surface area contributed by atoms with E-state index in [-0.39, 0.29) is 11.5 Å². The summed E-state index contributed by atoms with van der Waals surface area (Å²) in [7, 11) is 0. The third-order valence-corrected chi connectivity index (χ3v) is 7.03. The van der Waals surface area contributed by atoms with Gasteiger partial charge in [-0.15, -0.1) is 11.3 Å². The van der Waals surface area contributed by atoms with Crippen LogP contribution >= 0.6 is 34.3 Å². The van der Waals surface area contributed by atoms with Crippen LogP contribution in [0.3, 0.4) is 0 Å². The summed E-state index contributed by atoms with van der Waals surface area (Å²) in [5.41, 5.74) is 2.07. The lowest BCUT2D eigenvalue weighted by Crippen LogP contribution is -2.22. The maximum Gasteiger partial charge on any atom is 0.280 e. The Labute approximate surface area is 207 Å². The summed E-state index contributed by atoms with van der Waals surface area (Å²) < 4.78 is 3.61. The number of thiophene rings is 2. The van der Waals surface area contributed by atoms with E-state index in [1.807, 2.05) is 29.6 Å². The molecule has 5 heterocycles. The van der Waals surface area contributed by atoms with Gasteiger partial charge in [0.1, 0.15) is 11.5 Å². The van der Waals surface area contributed by atoms with Gasteiger partial charge in [0, 0.05) is 34.9 Å². The first-order chi connectivity index (χ1) is 16.6. The second kappa shape index (κ2) is 9.76. The van der Waals surface area contributed by atoms with E-state index in [1.165, 1.54) is 27.4 Å². The molecule has 170 valence electrons. The van der Waals surface area contributed by atoms with Crippen molar-refractivity contribution in [3.05, 3.63) is 109 Å². The number of carbonyl (C=O) groups is 1. The lowest BCUT2D eigenvalue weighted by Gasteiger charge is -2.07. The first-order valence-electron chi connectivity index (χ1n) is 10.3. The van der Waals surface area contributed by atoms with Gasteiger partial charge in [-0.3, -0.25) is 14.6 Å². The monoisotopic (exact) mass is 507 g/mol. The molecule has 0 aromatic carbocycles. The van der Waals surface area contributed by atoms with Gasteiger partial charge in [-0.25, -0.2) is 0 Å². The average Bonchev–Trinajstić information content (AvgIpc) is 3.61. The Morgan fingerprint density at radius 3 is 2.79 bits per heavy atom. The molecule has 0 saturated heterocycles. The van der Waals surface area contributed by atoms with Gasteiger partial charge in [-0.05, 0) is 47.3 Å². The van der Waals surface area contributed by atoms with Crippen molar-refractivity contribution in [3.8, 4) is 11.3 Å². The molecule has 0 saturated carbocycles. The van der Waals surface area contributed by atoms with Gasteiger partial charge in [0.2, 0.25) is 0 Å². The molecule has 0 atom stereocenters. The quantitative estimate of drug-likeness (QED) is 0.326. The Hall–Kier alpha value is -3.53. The maximum absolute atomic E-state index is 13.3. The van der Waals surface area contributed by atoms with Crippen LogP contribution in [0.4, 0.5) is 5.82 Å². The van der Waals surface area contributed by atoms with Gasteiger partial charge >= 0.3 is 0 Å².